The first-order chi connectivity index (χ1) is 13.7. The van der Waals surface area contributed by atoms with Crippen molar-refractivity contribution in [2.24, 2.45) is 0 Å². The molecule has 0 amide bonds. The first-order valence-electron chi connectivity index (χ1n) is 10.2. The average molecular weight is 376 g/mol. The van der Waals surface area contributed by atoms with Crippen LogP contribution in [0.25, 0.3) is 11.0 Å². The Bertz CT molecular complexity index is 1080. The van der Waals surface area contributed by atoms with Crippen molar-refractivity contribution in [2.45, 2.75) is 57.3 Å². The monoisotopic (exact) mass is 376 g/mol. The second-order valence-electron chi connectivity index (χ2n) is 7.83. The van der Waals surface area contributed by atoms with Crippen LogP contribution < -0.4 is 10.4 Å². The minimum Gasteiger partial charge on any atom is -0.461 e. The third-order valence-corrected chi connectivity index (χ3v) is 5.89. The third kappa shape index (κ3) is 2.75. The molecule has 2 aliphatic rings. The third-order valence-electron chi connectivity index (χ3n) is 5.89. The van der Waals surface area contributed by atoms with E-state index in [2.05, 4.69) is 13.0 Å². The molecule has 144 valence electrons. The van der Waals surface area contributed by atoms with Gasteiger partial charge in [-0.3, -0.25) is 0 Å². The van der Waals surface area contributed by atoms with Crippen LogP contribution in [-0.2, 0) is 11.2 Å². The van der Waals surface area contributed by atoms with Crippen molar-refractivity contribution in [2.75, 3.05) is 0 Å². The van der Waals surface area contributed by atoms with Crippen molar-refractivity contribution in [3.05, 3.63) is 75.6 Å². The minimum absolute atomic E-state index is 0.380. The molecule has 0 saturated carbocycles. The van der Waals surface area contributed by atoms with Crippen LogP contribution in [0.4, 0.5) is 0 Å². The molecule has 0 fully saturated rings. The van der Waals surface area contributed by atoms with Gasteiger partial charge in [-0.1, -0.05) is 62.6 Å². The maximum absolute atomic E-state index is 12.9. The fraction of sp³-hybridized carbons (Fsp3) is 0.375. The van der Waals surface area contributed by atoms with Gasteiger partial charge in [-0.2, -0.15) is 0 Å². The van der Waals surface area contributed by atoms with E-state index in [-0.39, 0.29) is 5.63 Å². The van der Waals surface area contributed by atoms with Crippen molar-refractivity contribution in [3.63, 3.8) is 0 Å². The Morgan fingerprint density at radius 2 is 1.86 bits per heavy atom. The summed E-state index contributed by atoms with van der Waals surface area (Å²) in [6.07, 6.45) is 5.65. The Morgan fingerprint density at radius 1 is 1.04 bits per heavy atom. The zero-order chi connectivity index (χ0) is 19.1. The van der Waals surface area contributed by atoms with Gasteiger partial charge >= 0.3 is 5.63 Å². The topological polar surface area (TPSA) is 48.7 Å². The lowest BCUT2D eigenvalue weighted by molar-refractivity contribution is -0.232. The van der Waals surface area contributed by atoms with Crippen LogP contribution >= 0.6 is 0 Å². The Hall–Kier alpha value is -2.59. The van der Waals surface area contributed by atoms with E-state index in [1.807, 2.05) is 42.5 Å². The Labute approximate surface area is 164 Å². The molecular formula is C24H24O4. The molecule has 0 radical (unpaired) electrons. The molecule has 0 spiro atoms. The van der Waals surface area contributed by atoms with E-state index in [1.54, 1.807) is 0 Å². The van der Waals surface area contributed by atoms with Crippen molar-refractivity contribution in [1.29, 1.82) is 0 Å². The lowest BCUT2D eigenvalue weighted by Crippen LogP contribution is -2.50. The van der Waals surface area contributed by atoms with Gasteiger partial charge in [-0.05, 0) is 29.7 Å². The Balaban J connectivity index is 1.67. The van der Waals surface area contributed by atoms with Crippen molar-refractivity contribution in [1.82, 2.24) is 0 Å². The van der Waals surface area contributed by atoms with Gasteiger partial charge < -0.3 is 13.9 Å². The summed E-state index contributed by atoms with van der Waals surface area (Å²) in [5.74, 6) is -0.0934. The molecule has 2 atom stereocenters. The molecule has 1 aromatic heterocycles. The van der Waals surface area contributed by atoms with Crippen LogP contribution in [0.15, 0.2) is 57.7 Å². The number of benzene rings is 2. The molecule has 5 rings (SSSR count). The van der Waals surface area contributed by atoms with Crippen LogP contribution in [0.1, 0.15) is 61.8 Å². The fourth-order valence-electron chi connectivity index (χ4n) is 4.51. The lowest BCUT2D eigenvalue weighted by atomic mass is 9.85. The summed E-state index contributed by atoms with van der Waals surface area (Å²) in [5, 5.41) is 0.836. The number of unbranched alkanes of at least 4 members (excludes halogenated alkanes) is 3. The highest BCUT2D eigenvalue weighted by Crippen LogP contribution is 2.50. The highest BCUT2D eigenvalue weighted by Gasteiger charge is 2.49. The molecule has 0 aliphatic carbocycles. The average Bonchev–Trinajstić information content (AvgIpc) is 2.71. The van der Waals surface area contributed by atoms with Crippen LogP contribution in [0.2, 0.25) is 0 Å². The van der Waals surface area contributed by atoms with E-state index < -0.39 is 11.9 Å². The fourth-order valence-corrected chi connectivity index (χ4v) is 4.51. The number of fused-ring (bicyclic) bond motifs is 8. The lowest BCUT2D eigenvalue weighted by Gasteiger charge is -2.46. The minimum atomic E-state index is -0.726. The number of hydrogen-bond acceptors (Lipinski definition) is 4. The van der Waals surface area contributed by atoms with Crippen molar-refractivity contribution >= 4 is 11.0 Å². The van der Waals surface area contributed by atoms with Crippen molar-refractivity contribution < 1.29 is 13.9 Å². The predicted molar refractivity (Wildman–Crippen MR) is 108 cm³/mol. The first kappa shape index (κ1) is 17.5. The van der Waals surface area contributed by atoms with Gasteiger partial charge in [0.05, 0.1) is 5.39 Å². The summed E-state index contributed by atoms with van der Waals surface area (Å²) in [6, 6.07) is 15.8. The number of ether oxygens (including phenoxy) is 2. The molecular weight excluding hydrogens is 352 g/mol. The van der Waals surface area contributed by atoms with Gasteiger partial charge in [0.2, 0.25) is 5.79 Å². The summed E-state index contributed by atoms with van der Waals surface area (Å²) in [7, 11) is 0. The predicted octanol–water partition coefficient (Wildman–Crippen LogP) is 5.51. The van der Waals surface area contributed by atoms with E-state index >= 15 is 0 Å². The van der Waals surface area contributed by atoms with E-state index in [4.69, 9.17) is 13.9 Å². The number of rotatable bonds is 5. The highest BCUT2D eigenvalue weighted by molar-refractivity contribution is 5.85. The standard InChI is InChI=1S/C24H24O4/c1-2-3-4-9-14-24-15-16-10-5-6-11-17(16)21(27-24)20-22(28-24)18-12-7-8-13-19(18)26-23(20)25/h5-8,10-13,21H,2-4,9,14-15H2,1H3/t21-,24-/m0/s1. The van der Waals surface area contributed by atoms with E-state index in [0.29, 0.717) is 23.3 Å². The molecule has 0 N–H and O–H groups in total. The van der Waals surface area contributed by atoms with Gasteiger partial charge in [-0.15, -0.1) is 0 Å². The zero-order valence-electron chi connectivity index (χ0n) is 16.1. The number of hydrogen-bond donors (Lipinski definition) is 0. The molecule has 2 bridgehead atoms. The normalized spacial score (nSPS) is 22.4. The summed E-state index contributed by atoms with van der Waals surface area (Å²) in [4.78, 5) is 12.9. The van der Waals surface area contributed by atoms with E-state index in [9.17, 15) is 4.79 Å². The zero-order valence-corrected chi connectivity index (χ0v) is 16.1. The van der Waals surface area contributed by atoms with Gasteiger partial charge in [0.1, 0.15) is 23.0 Å². The van der Waals surface area contributed by atoms with Gasteiger partial charge in [0, 0.05) is 12.8 Å². The molecule has 3 aromatic rings. The molecule has 0 saturated heterocycles. The number of para-hydroxylation sites is 1. The second-order valence-corrected chi connectivity index (χ2v) is 7.83. The Morgan fingerprint density at radius 3 is 2.75 bits per heavy atom. The summed E-state index contributed by atoms with van der Waals surface area (Å²) in [6.45, 7) is 2.21. The van der Waals surface area contributed by atoms with E-state index in [0.717, 1.165) is 30.2 Å². The SMILES string of the molecule is CCCCCC[C@]12Cc3ccccc3[C@H](O1)c1c(c3ccccc3oc1=O)O2. The molecule has 0 unspecified atom stereocenters. The second kappa shape index (κ2) is 6.78. The summed E-state index contributed by atoms with van der Waals surface area (Å²) in [5.41, 5.74) is 2.89. The summed E-state index contributed by atoms with van der Waals surface area (Å²) >= 11 is 0. The largest absolute Gasteiger partial charge is 0.461 e. The summed E-state index contributed by atoms with van der Waals surface area (Å²) < 4.78 is 18.6. The Kier molecular flexibility index (Phi) is 4.24. The highest BCUT2D eigenvalue weighted by atomic mass is 16.7. The smallest absolute Gasteiger partial charge is 0.346 e. The molecule has 28 heavy (non-hydrogen) atoms. The quantitative estimate of drug-likeness (QED) is 0.435. The molecule has 4 nitrogen and oxygen atoms in total. The van der Waals surface area contributed by atoms with Gasteiger partial charge in [0.15, 0.2) is 0 Å². The van der Waals surface area contributed by atoms with Crippen LogP contribution in [-0.4, -0.2) is 5.79 Å². The van der Waals surface area contributed by atoms with Crippen molar-refractivity contribution in [3.8, 4) is 5.75 Å². The first-order valence-corrected chi connectivity index (χ1v) is 10.2. The molecule has 2 aliphatic heterocycles. The van der Waals surface area contributed by atoms with Gasteiger partial charge in [-0.25, -0.2) is 4.79 Å². The molecule has 2 aromatic carbocycles. The molecule has 3 heterocycles. The maximum Gasteiger partial charge on any atom is 0.346 e. The van der Waals surface area contributed by atoms with Crippen LogP contribution in [0, 0.1) is 0 Å². The maximum atomic E-state index is 12.9. The van der Waals surface area contributed by atoms with Gasteiger partial charge in [0.25, 0.3) is 0 Å². The van der Waals surface area contributed by atoms with E-state index in [1.165, 1.54) is 18.4 Å². The van der Waals surface area contributed by atoms with Crippen LogP contribution in [0.5, 0.6) is 5.75 Å². The molecule has 4 heteroatoms. The van der Waals surface area contributed by atoms with Crippen LogP contribution in [0.3, 0.4) is 0 Å².